The number of aromatic nitrogens is 2. The zero-order chi connectivity index (χ0) is 14.7. The van der Waals surface area contributed by atoms with E-state index in [2.05, 4.69) is 39.7 Å². The normalized spacial score (nSPS) is 10.8. The van der Waals surface area contributed by atoms with Crippen molar-refractivity contribution in [1.29, 1.82) is 0 Å². The molecule has 0 amide bonds. The Morgan fingerprint density at radius 1 is 1.30 bits per heavy atom. The van der Waals surface area contributed by atoms with E-state index in [1.165, 1.54) is 0 Å². The molecule has 0 aliphatic rings. The smallest absolute Gasteiger partial charge is 0.144 e. The molecular formula is C15H17BrN2OS. The van der Waals surface area contributed by atoms with Crippen molar-refractivity contribution in [2.75, 3.05) is 7.11 Å². The van der Waals surface area contributed by atoms with Crippen molar-refractivity contribution in [3.05, 3.63) is 39.1 Å². The van der Waals surface area contributed by atoms with E-state index in [1.807, 2.05) is 24.3 Å². The summed E-state index contributed by atoms with van der Waals surface area (Å²) in [6.45, 7) is 4.35. The first-order valence-corrected chi connectivity index (χ1v) is 7.64. The number of ether oxygens (including phenoxy) is 1. The van der Waals surface area contributed by atoms with Gasteiger partial charge in [-0.2, -0.15) is 0 Å². The van der Waals surface area contributed by atoms with Crippen molar-refractivity contribution in [1.82, 2.24) is 9.97 Å². The molecule has 0 spiro atoms. The third-order valence-corrected chi connectivity index (χ3v) is 4.32. The maximum Gasteiger partial charge on any atom is 0.144 e. The van der Waals surface area contributed by atoms with E-state index < -0.39 is 0 Å². The van der Waals surface area contributed by atoms with Gasteiger partial charge in [0.15, 0.2) is 0 Å². The first-order valence-electron chi connectivity index (χ1n) is 6.44. The number of hydrogen-bond acceptors (Lipinski definition) is 3. The Morgan fingerprint density at radius 3 is 2.50 bits per heavy atom. The number of H-pyrrole nitrogens is 1. The average Bonchev–Trinajstić information content (AvgIpc) is 2.43. The van der Waals surface area contributed by atoms with Crippen molar-refractivity contribution in [2.24, 2.45) is 5.92 Å². The van der Waals surface area contributed by atoms with Crippen LogP contribution in [0.5, 0.6) is 5.75 Å². The second kappa shape index (κ2) is 6.50. The fourth-order valence-electron chi connectivity index (χ4n) is 1.94. The molecule has 3 nitrogen and oxygen atoms in total. The highest BCUT2D eigenvalue weighted by Crippen LogP contribution is 2.24. The highest BCUT2D eigenvalue weighted by Gasteiger charge is 2.09. The number of nitrogens with zero attached hydrogens (tertiary/aromatic N) is 1. The summed E-state index contributed by atoms with van der Waals surface area (Å²) in [5, 5.41) is 0. The van der Waals surface area contributed by atoms with Gasteiger partial charge in [0.05, 0.1) is 11.6 Å². The molecular weight excluding hydrogens is 336 g/mol. The second-order valence-corrected chi connectivity index (χ2v) is 6.19. The molecule has 1 aromatic carbocycles. The minimum absolute atomic E-state index is 0.545. The molecule has 0 radical (unpaired) electrons. The summed E-state index contributed by atoms with van der Waals surface area (Å²) in [6, 6.07) is 7.77. The quantitative estimate of drug-likeness (QED) is 0.804. The van der Waals surface area contributed by atoms with E-state index in [4.69, 9.17) is 17.0 Å². The van der Waals surface area contributed by atoms with Gasteiger partial charge in [-0.25, -0.2) is 4.98 Å². The molecule has 2 aromatic rings. The summed E-state index contributed by atoms with van der Waals surface area (Å²) in [5.41, 5.74) is 2.08. The van der Waals surface area contributed by atoms with Gasteiger partial charge in [0, 0.05) is 11.3 Å². The van der Waals surface area contributed by atoms with E-state index in [1.54, 1.807) is 7.11 Å². The van der Waals surface area contributed by atoms with Crippen LogP contribution in [0.25, 0.3) is 11.4 Å². The Hall–Kier alpha value is -1.20. The minimum Gasteiger partial charge on any atom is -0.497 e. The average molecular weight is 353 g/mol. The molecule has 1 aromatic heterocycles. The summed E-state index contributed by atoms with van der Waals surface area (Å²) in [6.07, 6.45) is 0.926. The molecule has 0 atom stereocenters. The van der Waals surface area contributed by atoms with Gasteiger partial charge in [0.2, 0.25) is 0 Å². The summed E-state index contributed by atoms with van der Waals surface area (Å²) in [5.74, 6) is 2.16. The van der Waals surface area contributed by atoms with Gasteiger partial charge >= 0.3 is 0 Å². The van der Waals surface area contributed by atoms with Crippen molar-refractivity contribution in [3.63, 3.8) is 0 Å². The fraction of sp³-hybridized carbons (Fsp3) is 0.333. The standard InChI is InChI=1S/C15H17BrN2OS/c1-9(2)8-12-13(16)15(20)18-14(17-12)10-4-6-11(19-3)7-5-10/h4-7,9H,8H2,1-3H3,(H,17,18,20). The van der Waals surface area contributed by atoms with Crippen molar-refractivity contribution >= 4 is 28.1 Å². The van der Waals surface area contributed by atoms with Crippen LogP contribution >= 0.6 is 28.1 Å². The SMILES string of the molecule is COc1ccc(-c2nc(=S)c(Br)c(CC(C)C)[nH]2)cc1. The molecule has 1 heterocycles. The van der Waals surface area contributed by atoms with Crippen LogP contribution in [0.1, 0.15) is 19.5 Å². The number of nitrogens with one attached hydrogen (secondary N) is 1. The fourth-order valence-corrected chi connectivity index (χ4v) is 2.50. The summed E-state index contributed by atoms with van der Waals surface area (Å²) < 4.78 is 6.64. The molecule has 0 unspecified atom stereocenters. The maximum atomic E-state index is 5.33. The van der Waals surface area contributed by atoms with E-state index in [0.29, 0.717) is 10.6 Å². The number of aromatic amines is 1. The van der Waals surface area contributed by atoms with Crippen LogP contribution in [-0.4, -0.2) is 17.1 Å². The molecule has 0 saturated carbocycles. The molecule has 0 aliphatic carbocycles. The lowest BCUT2D eigenvalue weighted by molar-refractivity contribution is 0.415. The molecule has 0 bridgehead atoms. The minimum atomic E-state index is 0.545. The topological polar surface area (TPSA) is 37.9 Å². The lowest BCUT2D eigenvalue weighted by Crippen LogP contribution is -2.02. The molecule has 2 rings (SSSR count). The lowest BCUT2D eigenvalue weighted by Gasteiger charge is -2.11. The molecule has 0 aliphatic heterocycles. The Labute approximate surface area is 132 Å². The predicted octanol–water partition coefficient (Wildman–Crippen LogP) is 4.78. The third kappa shape index (κ3) is 3.46. The van der Waals surface area contributed by atoms with Gasteiger partial charge in [0.1, 0.15) is 16.2 Å². The summed E-state index contributed by atoms with van der Waals surface area (Å²) >= 11 is 8.85. The number of rotatable bonds is 4. The van der Waals surface area contributed by atoms with E-state index in [9.17, 15) is 0 Å². The lowest BCUT2D eigenvalue weighted by atomic mass is 10.1. The van der Waals surface area contributed by atoms with E-state index in [0.717, 1.165) is 33.7 Å². The summed E-state index contributed by atoms with van der Waals surface area (Å²) in [4.78, 5) is 7.81. The zero-order valence-corrected chi connectivity index (χ0v) is 14.1. The van der Waals surface area contributed by atoms with Gasteiger partial charge in [-0.3, -0.25) is 0 Å². The van der Waals surface area contributed by atoms with Crippen LogP contribution in [0.15, 0.2) is 28.7 Å². The van der Waals surface area contributed by atoms with Gasteiger partial charge in [-0.1, -0.05) is 26.1 Å². The molecule has 5 heteroatoms. The van der Waals surface area contributed by atoms with Crippen molar-refractivity contribution in [2.45, 2.75) is 20.3 Å². The third-order valence-electron chi connectivity index (χ3n) is 2.91. The number of benzene rings is 1. The van der Waals surface area contributed by atoms with Gasteiger partial charge < -0.3 is 9.72 Å². The van der Waals surface area contributed by atoms with Crippen LogP contribution in [0.3, 0.4) is 0 Å². The first-order chi connectivity index (χ1) is 9.51. The molecule has 20 heavy (non-hydrogen) atoms. The van der Waals surface area contributed by atoms with Crippen LogP contribution in [0, 0.1) is 10.6 Å². The van der Waals surface area contributed by atoms with E-state index in [-0.39, 0.29) is 0 Å². The monoisotopic (exact) mass is 352 g/mol. The van der Waals surface area contributed by atoms with Crippen LogP contribution in [-0.2, 0) is 6.42 Å². The zero-order valence-electron chi connectivity index (χ0n) is 11.7. The Balaban J connectivity index is 2.45. The van der Waals surface area contributed by atoms with Crippen LogP contribution < -0.4 is 4.74 Å². The number of hydrogen-bond donors (Lipinski definition) is 1. The van der Waals surface area contributed by atoms with Gasteiger partial charge in [-0.15, -0.1) is 0 Å². The molecule has 0 fully saturated rings. The van der Waals surface area contributed by atoms with Gasteiger partial charge in [0.25, 0.3) is 0 Å². The van der Waals surface area contributed by atoms with Crippen LogP contribution in [0.4, 0.5) is 0 Å². The van der Waals surface area contributed by atoms with Crippen molar-refractivity contribution < 1.29 is 4.74 Å². The number of methoxy groups -OCH3 is 1. The highest BCUT2D eigenvalue weighted by atomic mass is 79.9. The largest absolute Gasteiger partial charge is 0.497 e. The predicted molar refractivity (Wildman–Crippen MR) is 87.7 cm³/mol. The second-order valence-electron chi connectivity index (χ2n) is 5.01. The van der Waals surface area contributed by atoms with Gasteiger partial charge in [-0.05, 0) is 52.5 Å². The Morgan fingerprint density at radius 2 is 1.95 bits per heavy atom. The molecule has 0 saturated heterocycles. The Kier molecular flexibility index (Phi) is 4.94. The molecule has 1 N–H and O–H groups in total. The number of halogens is 1. The maximum absolute atomic E-state index is 5.33. The summed E-state index contributed by atoms with van der Waals surface area (Å²) in [7, 11) is 1.65. The first kappa shape index (κ1) is 15.2. The van der Waals surface area contributed by atoms with Crippen LogP contribution in [0.2, 0.25) is 0 Å². The molecule has 106 valence electrons. The highest BCUT2D eigenvalue weighted by molar-refractivity contribution is 9.10. The van der Waals surface area contributed by atoms with E-state index >= 15 is 0 Å². The van der Waals surface area contributed by atoms with Crippen molar-refractivity contribution in [3.8, 4) is 17.1 Å². The Bertz CT molecular complexity index is 650.